The number of fused-ring (bicyclic) bond motifs is 1. The van der Waals surface area contributed by atoms with E-state index in [1.54, 1.807) is 11.3 Å². The van der Waals surface area contributed by atoms with Crippen LogP contribution in [0.2, 0.25) is 0 Å². The van der Waals surface area contributed by atoms with Crippen LogP contribution in [0.25, 0.3) is 10.7 Å². The van der Waals surface area contributed by atoms with Crippen LogP contribution in [0.1, 0.15) is 41.9 Å². The van der Waals surface area contributed by atoms with Crippen LogP contribution in [-0.4, -0.2) is 9.97 Å². The van der Waals surface area contributed by atoms with Gasteiger partial charge in [-0.2, -0.15) is 0 Å². The molecule has 2 N–H and O–H groups in total. The van der Waals surface area contributed by atoms with Crippen LogP contribution in [0, 0.1) is 0 Å². The Morgan fingerprint density at radius 3 is 3.11 bits per heavy atom. The van der Waals surface area contributed by atoms with Gasteiger partial charge in [0.15, 0.2) is 5.82 Å². The van der Waals surface area contributed by atoms with Crippen molar-refractivity contribution in [3.8, 4) is 10.7 Å². The fourth-order valence-corrected chi connectivity index (χ4v) is 3.28. The van der Waals surface area contributed by atoms with E-state index in [1.807, 2.05) is 6.20 Å². The number of thiophene rings is 1. The Kier molecular flexibility index (Phi) is 3.14. The van der Waals surface area contributed by atoms with Crippen LogP contribution in [0.15, 0.2) is 18.3 Å². The third kappa shape index (κ3) is 2.06. The molecule has 3 rings (SSSR count). The zero-order chi connectivity index (χ0) is 12.5. The van der Waals surface area contributed by atoms with Gasteiger partial charge in [0, 0.05) is 28.4 Å². The van der Waals surface area contributed by atoms with E-state index in [2.05, 4.69) is 24.0 Å². The van der Waals surface area contributed by atoms with Crippen molar-refractivity contribution in [3.63, 3.8) is 0 Å². The number of nitrogens with zero attached hydrogens (tertiary/aromatic N) is 2. The van der Waals surface area contributed by atoms with Gasteiger partial charge in [0.1, 0.15) is 0 Å². The summed E-state index contributed by atoms with van der Waals surface area (Å²) in [6.45, 7) is 2.17. The summed E-state index contributed by atoms with van der Waals surface area (Å²) in [7, 11) is 0. The minimum Gasteiger partial charge on any atom is -0.324 e. The fraction of sp³-hybridized carbons (Fsp3) is 0.429. The van der Waals surface area contributed by atoms with Gasteiger partial charge < -0.3 is 5.73 Å². The van der Waals surface area contributed by atoms with E-state index in [9.17, 15) is 0 Å². The summed E-state index contributed by atoms with van der Waals surface area (Å²) in [6.07, 6.45) is 6.21. The maximum absolute atomic E-state index is 6.08. The Labute approximate surface area is 111 Å². The van der Waals surface area contributed by atoms with Gasteiger partial charge in [-0.15, -0.1) is 11.3 Å². The quantitative estimate of drug-likeness (QED) is 0.901. The lowest BCUT2D eigenvalue weighted by molar-refractivity contribution is 0.557. The maximum atomic E-state index is 6.08. The third-order valence-corrected chi connectivity index (χ3v) is 4.68. The predicted octanol–water partition coefficient (Wildman–Crippen LogP) is 3.10. The Morgan fingerprint density at radius 2 is 2.33 bits per heavy atom. The molecule has 0 saturated carbocycles. The number of aromatic nitrogens is 2. The molecule has 0 saturated heterocycles. The SMILES string of the molecule is CCc1ccc(-c2ncc3c(n2)CCCC3N)s1. The largest absolute Gasteiger partial charge is 0.324 e. The van der Waals surface area contributed by atoms with Crippen molar-refractivity contribution in [2.75, 3.05) is 0 Å². The first-order valence-electron chi connectivity index (χ1n) is 6.48. The second kappa shape index (κ2) is 4.78. The van der Waals surface area contributed by atoms with E-state index in [0.29, 0.717) is 0 Å². The molecule has 2 aromatic rings. The van der Waals surface area contributed by atoms with Gasteiger partial charge in [0.05, 0.1) is 4.88 Å². The Balaban J connectivity index is 1.99. The molecule has 0 spiro atoms. The molecule has 0 aliphatic heterocycles. The lowest BCUT2D eigenvalue weighted by atomic mass is 9.93. The van der Waals surface area contributed by atoms with E-state index in [4.69, 9.17) is 10.7 Å². The smallest absolute Gasteiger partial charge is 0.169 e. The molecule has 3 nitrogen and oxygen atoms in total. The summed E-state index contributed by atoms with van der Waals surface area (Å²) in [6, 6.07) is 4.40. The van der Waals surface area contributed by atoms with Gasteiger partial charge in [0.25, 0.3) is 0 Å². The van der Waals surface area contributed by atoms with Crippen molar-refractivity contribution in [3.05, 3.63) is 34.5 Å². The molecule has 0 bridgehead atoms. The molecule has 2 heterocycles. The van der Waals surface area contributed by atoms with Crippen LogP contribution < -0.4 is 5.73 Å². The number of hydrogen-bond donors (Lipinski definition) is 1. The molecule has 4 heteroatoms. The highest BCUT2D eigenvalue weighted by molar-refractivity contribution is 7.15. The van der Waals surface area contributed by atoms with Crippen LogP contribution in [-0.2, 0) is 12.8 Å². The van der Waals surface area contributed by atoms with Gasteiger partial charge in [-0.05, 0) is 37.8 Å². The third-order valence-electron chi connectivity index (χ3n) is 3.46. The molecule has 0 amide bonds. The van der Waals surface area contributed by atoms with Crippen LogP contribution in [0.4, 0.5) is 0 Å². The molecule has 18 heavy (non-hydrogen) atoms. The van der Waals surface area contributed by atoms with Crippen molar-refractivity contribution in [1.82, 2.24) is 9.97 Å². The van der Waals surface area contributed by atoms with Gasteiger partial charge in [-0.1, -0.05) is 6.92 Å². The molecule has 0 fully saturated rings. The Bertz CT molecular complexity index is 562. The van der Waals surface area contributed by atoms with Gasteiger partial charge in [-0.3, -0.25) is 0 Å². The van der Waals surface area contributed by atoms with Crippen molar-refractivity contribution < 1.29 is 0 Å². The van der Waals surface area contributed by atoms with E-state index in [1.165, 1.54) is 4.88 Å². The molecule has 2 aromatic heterocycles. The number of aryl methyl sites for hydroxylation is 2. The lowest BCUT2D eigenvalue weighted by Gasteiger charge is -2.20. The van der Waals surface area contributed by atoms with Crippen molar-refractivity contribution in [2.24, 2.45) is 5.73 Å². The normalized spacial score (nSPS) is 18.7. The van der Waals surface area contributed by atoms with E-state index < -0.39 is 0 Å². The molecular formula is C14H17N3S. The van der Waals surface area contributed by atoms with Crippen molar-refractivity contribution in [1.29, 1.82) is 0 Å². The topological polar surface area (TPSA) is 51.8 Å². The Hall–Kier alpha value is -1.26. The molecule has 0 radical (unpaired) electrons. The highest BCUT2D eigenvalue weighted by Gasteiger charge is 2.19. The molecule has 94 valence electrons. The van der Waals surface area contributed by atoms with E-state index in [0.717, 1.165) is 47.6 Å². The summed E-state index contributed by atoms with van der Waals surface area (Å²) in [4.78, 5) is 11.7. The molecular weight excluding hydrogens is 242 g/mol. The summed E-state index contributed by atoms with van der Waals surface area (Å²) >= 11 is 1.78. The molecule has 1 unspecified atom stereocenters. The zero-order valence-corrected chi connectivity index (χ0v) is 11.3. The molecule has 1 aliphatic carbocycles. The minimum atomic E-state index is 0.123. The van der Waals surface area contributed by atoms with Crippen LogP contribution >= 0.6 is 11.3 Å². The fourth-order valence-electron chi connectivity index (χ4n) is 2.39. The van der Waals surface area contributed by atoms with Crippen LogP contribution in [0.5, 0.6) is 0 Å². The average Bonchev–Trinajstić information content (AvgIpc) is 2.87. The molecule has 0 aromatic carbocycles. The number of rotatable bonds is 2. The van der Waals surface area contributed by atoms with E-state index in [-0.39, 0.29) is 6.04 Å². The standard InChI is InChI=1S/C14H17N3S/c1-2-9-6-7-13(18-9)14-16-8-10-11(15)4-3-5-12(10)17-14/h6-8,11H,2-5,15H2,1H3. The minimum absolute atomic E-state index is 0.123. The monoisotopic (exact) mass is 259 g/mol. The molecule has 1 aliphatic rings. The second-order valence-electron chi connectivity index (χ2n) is 4.71. The van der Waals surface area contributed by atoms with Crippen molar-refractivity contribution >= 4 is 11.3 Å². The summed E-state index contributed by atoms with van der Waals surface area (Å²) < 4.78 is 0. The second-order valence-corrected chi connectivity index (χ2v) is 5.88. The van der Waals surface area contributed by atoms with Gasteiger partial charge in [0.2, 0.25) is 0 Å². The zero-order valence-electron chi connectivity index (χ0n) is 10.5. The molecule has 1 atom stereocenters. The predicted molar refractivity (Wildman–Crippen MR) is 74.6 cm³/mol. The average molecular weight is 259 g/mol. The lowest BCUT2D eigenvalue weighted by Crippen LogP contribution is -2.19. The maximum Gasteiger partial charge on any atom is 0.169 e. The summed E-state index contributed by atoms with van der Waals surface area (Å²) in [5.41, 5.74) is 8.36. The van der Waals surface area contributed by atoms with Crippen LogP contribution in [0.3, 0.4) is 0 Å². The van der Waals surface area contributed by atoms with Gasteiger partial charge in [-0.25, -0.2) is 9.97 Å². The number of hydrogen-bond acceptors (Lipinski definition) is 4. The first-order valence-corrected chi connectivity index (χ1v) is 7.30. The van der Waals surface area contributed by atoms with E-state index >= 15 is 0 Å². The highest BCUT2D eigenvalue weighted by atomic mass is 32.1. The highest BCUT2D eigenvalue weighted by Crippen LogP contribution is 2.30. The first kappa shape index (κ1) is 11.8. The number of nitrogens with two attached hydrogens (primary N) is 1. The first-order chi connectivity index (χ1) is 8.78. The summed E-state index contributed by atoms with van der Waals surface area (Å²) in [5.74, 6) is 0.854. The van der Waals surface area contributed by atoms with Crippen molar-refractivity contribution in [2.45, 2.75) is 38.6 Å². The van der Waals surface area contributed by atoms with Gasteiger partial charge >= 0.3 is 0 Å². The summed E-state index contributed by atoms with van der Waals surface area (Å²) in [5, 5.41) is 0. The Morgan fingerprint density at radius 1 is 1.44 bits per heavy atom.